The highest BCUT2D eigenvalue weighted by atomic mass is 19.1. The lowest BCUT2D eigenvalue weighted by atomic mass is 9.84. The van der Waals surface area contributed by atoms with Gasteiger partial charge in [0.1, 0.15) is 11.6 Å². The molecular weight excluding hydrogens is 265 g/mol. The summed E-state index contributed by atoms with van der Waals surface area (Å²) in [7, 11) is 3.79. The summed E-state index contributed by atoms with van der Waals surface area (Å²) in [5.41, 5.74) is 4.15. The highest BCUT2D eigenvalue weighted by molar-refractivity contribution is 5.49. The zero-order chi connectivity index (χ0) is 15.0. The lowest BCUT2D eigenvalue weighted by Gasteiger charge is -2.33. The van der Waals surface area contributed by atoms with Gasteiger partial charge in [-0.1, -0.05) is 24.3 Å². The Bertz CT molecular complexity index is 668. The van der Waals surface area contributed by atoms with Crippen LogP contribution in [0.1, 0.15) is 28.2 Å². The number of methoxy groups -OCH3 is 1. The molecule has 0 N–H and O–H groups in total. The molecule has 0 spiro atoms. The zero-order valence-corrected chi connectivity index (χ0v) is 12.7. The third-order valence-corrected chi connectivity index (χ3v) is 4.26. The SMILES string of the molecule is COc1cccc2c1[C@H](c1ccc(C)c(F)c1)CN(C)C2. The van der Waals surface area contributed by atoms with E-state index in [0.717, 1.165) is 24.4 Å². The molecular formula is C18H20FNO. The minimum Gasteiger partial charge on any atom is -0.496 e. The average Bonchev–Trinajstić information content (AvgIpc) is 2.48. The molecule has 0 saturated heterocycles. The van der Waals surface area contributed by atoms with E-state index in [1.165, 1.54) is 11.1 Å². The molecule has 1 aliphatic heterocycles. The van der Waals surface area contributed by atoms with Crippen molar-refractivity contribution in [3.8, 4) is 5.75 Å². The summed E-state index contributed by atoms with van der Waals surface area (Å²) in [5.74, 6) is 0.897. The Balaban J connectivity index is 2.13. The van der Waals surface area contributed by atoms with E-state index in [9.17, 15) is 4.39 Å². The standard InChI is InChI=1S/C18H20FNO/c1-12-7-8-13(9-16(12)19)15-11-20(2)10-14-5-4-6-17(21-3)18(14)15/h4-9,15H,10-11H2,1-3H3/t15-/m0/s1. The van der Waals surface area contributed by atoms with Gasteiger partial charge in [-0.15, -0.1) is 0 Å². The molecule has 0 unspecified atom stereocenters. The van der Waals surface area contributed by atoms with Gasteiger partial charge in [-0.25, -0.2) is 4.39 Å². The quantitative estimate of drug-likeness (QED) is 0.834. The van der Waals surface area contributed by atoms with Crippen LogP contribution in [0.4, 0.5) is 4.39 Å². The van der Waals surface area contributed by atoms with Crippen LogP contribution in [0.5, 0.6) is 5.75 Å². The lowest BCUT2D eigenvalue weighted by molar-refractivity contribution is 0.288. The average molecular weight is 285 g/mol. The summed E-state index contributed by atoms with van der Waals surface area (Å²) in [6.45, 7) is 3.56. The van der Waals surface area contributed by atoms with E-state index in [0.29, 0.717) is 5.56 Å². The second-order valence-electron chi connectivity index (χ2n) is 5.79. The predicted molar refractivity (Wildman–Crippen MR) is 82.3 cm³/mol. The van der Waals surface area contributed by atoms with Gasteiger partial charge in [0.05, 0.1) is 7.11 Å². The molecule has 0 saturated carbocycles. The van der Waals surface area contributed by atoms with Crippen LogP contribution in [0.2, 0.25) is 0 Å². The first-order chi connectivity index (χ1) is 10.1. The summed E-state index contributed by atoms with van der Waals surface area (Å²) in [6, 6.07) is 11.7. The van der Waals surface area contributed by atoms with Crippen LogP contribution >= 0.6 is 0 Å². The molecule has 0 amide bonds. The van der Waals surface area contributed by atoms with Gasteiger partial charge in [-0.2, -0.15) is 0 Å². The molecule has 1 heterocycles. The number of hydrogen-bond acceptors (Lipinski definition) is 2. The molecule has 21 heavy (non-hydrogen) atoms. The number of aryl methyl sites for hydroxylation is 1. The number of halogens is 1. The molecule has 1 aliphatic rings. The zero-order valence-electron chi connectivity index (χ0n) is 12.7. The van der Waals surface area contributed by atoms with Crippen LogP contribution in [0.3, 0.4) is 0 Å². The summed E-state index contributed by atoms with van der Waals surface area (Å²) in [4.78, 5) is 2.27. The van der Waals surface area contributed by atoms with Gasteiger partial charge in [0.2, 0.25) is 0 Å². The van der Waals surface area contributed by atoms with Gasteiger partial charge in [-0.3, -0.25) is 0 Å². The van der Waals surface area contributed by atoms with Crippen molar-refractivity contribution >= 4 is 0 Å². The van der Waals surface area contributed by atoms with Gasteiger partial charge in [0.15, 0.2) is 0 Å². The van der Waals surface area contributed by atoms with E-state index in [-0.39, 0.29) is 11.7 Å². The number of ether oxygens (including phenoxy) is 1. The maximum Gasteiger partial charge on any atom is 0.126 e. The molecule has 3 heteroatoms. The first kappa shape index (κ1) is 14.1. The molecule has 0 bridgehead atoms. The Kier molecular flexibility index (Phi) is 3.68. The number of nitrogens with zero attached hydrogens (tertiary/aromatic N) is 1. The molecule has 110 valence electrons. The minimum absolute atomic E-state index is 0.142. The smallest absolute Gasteiger partial charge is 0.126 e. The fourth-order valence-corrected chi connectivity index (χ4v) is 3.16. The van der Waals surface area contributed by atoms with Crippen molar-refractivity contribution in [2.45, 2.75) is 19.4 Å². The summed E-state index contributed by atoms with van der Waals surface area (Å²) >= 11 is 0. The van der Waals surface area contributed by atoms with Crippen molar-refractivity contribution in [3.63, 3.8) is 0 Å². The third-order valence-electron chi connectivity index (χ3n) is 4.26. The number of rotatable bonds is 2. The fraction of sp³-hybridized carbons (Fsp3) is 0.333. The number of benzene rings is 2. The molecule has 2 aromatic rings. The van der Waals surface area contributed by atoms with Gasteiger partial charge in [0.25, 0.3) is 0 Å². The van der Waals surface area contributed by atoms with Crippen molar-refractivity contribution in [3.05, 3.63) is 64.5 Å². The van der Waals surface area contributed by atoms with Crippen LogP contribution in [0.25, 0.3) is 0 Å². The highest BCUT2D eigenvalue weighted by Gasteiger charge is 2.28. The van der Waals surface area contributed by atoms with Crippen molar-refractivity contribution < 1.29 is 9.13 Å². The molecule has 0 aliphatic carbocycles. The van der Waals surface area contributed by atoms with E-state index in [4.69, 9.17) is 4.74 Å². The Hall–Kier alpha value is -1.87. The minimum atomic E-state index is -0.142. The number of likely N-dealkylation sites (N-methyl/N-ethyl adjacent to an activating group) is 1. The van der Waals surface area contributed by atoms with E-state index in [2.05, 4.69) is 18.0 Å². The molecule has 2 aromatic carbocycles. The largest absolute Gasteiger partial charge is 0.496 e. The maximum atomic E-state index is 13.9. The molecule has 1 atom stereocenters. The Morgan fingerprint density at radius 1 is 1.24 bits per heavy atom. The second kappa shape index (κ2) is 5.49. The molecule has 0 aromatic heterocycles. The Morgan fingerprint density at radius 2 is 2.05 bits per heavy atom. The third kappa shape index (κ3) is 2.54. The predicted octanol–water partition coefficient (Wildman–Crippen LogP) is 3.72. The number of hydrogen-bond donors (Lipinski definition) is 0. The molecule has 0 radical (unpaired) electrons. The highest BCUT2D eigenvalue weighted by Crippen LogP contribution is 2.39. The van der Waals surface area contributed by atoms with Crippen molar-refractivity contribution in [1.82, 2.24) is 4.90 Å². The van der Waals surface area contributed by atoms with Crippen LogP contribution in [-0.2, 0) is 6.54 Å². The Morgan fingerprint density at radius 3 is 2.76 bits per heavy atom. The van der Waals surface area contributed by atoms with E-state index in [1.54, 1.807) is 20.1 Å². The van der Waals surface area contributed by atoms with Crippen LogP contribution < -0.4 is 4.74 Å². The first-order valence-electron chi connectivity index (χ1n) is 7.20. The van der Waals surface area contributed by atoms with E-state index in [1.807, 2.05) is 24.3 Å². The lowest BCUT2D eigenvalue weighted by Crippen LogP contribution is -2.31. The van der Waals surface area contributed by atoms with Gasteiger partial charge in [-0.05, 0) is 42.8 Å². The van der Waals surface area contributed by atoms with E-state index < -0.39 is 0 Å². The van der Waals surface area contributed by atoms with Crippen molar-refractivity contribution in [1.29, 1.82) is 0 Å². The van der Waals surface area contributed by atoms with Gasteiger partial charge >= 0.3 is 0 Å². The van der Waals surface area contributed by atoms with Crippen molar-refractivity contribution in [2.75, 3.05) is 20.7 Å². The summed E-state index contributed by atoms with van der Waals surface area (Å²) < 4.78 is 19.5. The Labute approximate surface area is 125 Å². The molecule has 2 nitrogen and oxygen atoms in total. The van der Waals surface area contributed by atoms with Gasteiger partial charge < -0.3 is 9.64 Å². The maximum absolute atomic E-state index is 13.9. The topological polar surface area (TPSA) is 12.5 Å². The van der Waals surface area contributed by atoms with Crippen LogP contribution in [0.15, 0.2) is 36.4 Å². The molecule has 0 fully saturated rings. The summed E-state index contributed by atoms with van der Waals surface area (Å²) in [5, 5.41) is 0. The fourth-order valence-electron chi connectivity index (χ4n) is 3.16. The first-order valence-corrected chi connectivity index (χ1v) is 7.20. The van der Waals surface area contributed by atoms with Crippen LogP contribution in [-0.4, -0.2) is 25.6 Å². The van der Waals surface area contributed by atoms with E-state index >= 15 is 0 Å². The normalized spacial score (nSPS) is 18.4. The summed E-state index contributed by atoms with van der Waals surface area (Å²) in [6.07, 6.45) is 0. The number of fused-ring (bicyclic) bond motifs is 1. The second-order valence-corrected chi connectivity index (χ2v) is 5.79. The van der Waals surface area contributed by atoms with Gasteiger partial charge in [0, 0.05) is 24.6 Å². The van der Waals surface area contributed by atoms with Crippen molar-refractivity contribution in [2.24, 2.45) is 0 Å². The molecule has 3 rings (SSSR count). The van der Waals surface area contributed by atoms with Crippen LogP contribution in [0, 0.1) is 12.7 Å². The monoisotopic (exact) mass is 285 g/mol.